The van der Waals surface area contributed by atoms with Gasteiger partial charge in [0, 0.05) is 6.54 Å². The summed E-state index contributed by atoms with van der Waals surface area (Å²) in [6.45, 7) is 19.7. The highest BCUT2D eigenvalue weighted by Gasteiger charge is 2.45. The Hall–Kier alpha value is -9.50. The number of halogens is 3. The zero-order chi connectivity index (χ0) is 80.0. The average molecular weight is 1490 g/mol. The van der Waals surface area contributed by atoms with Gasteiger partial charge >= 0.3 is 24.2 Å². The number of amides is 12. The number of aliphatic carboxylic acids is 1. The number of rotatable bonds is 24. The first kappa shape index (κ1) is 92.5. The number of aliphatic imine (C=N–C) groups is 1. The Labute approximate surface area is 600 Å². The molecule has 1 fully saturated rings. The zero-order valence-corrected chi connectivity index (χ0v) is 60.8. The maximum atomic E-state index is 15.5. The van der Waals surface area contributed by atoms with Gasteiger partial charge in [0.2, 0.25) is 65.0 Å². The van der Waals surface area contributed by atoms with E-state index in [9.17, 15) is 81.5 Å². The van der Waals surface area contributed by atoms with Gasteiger partial charge in [0.25, 0.3) is 0 Å². The van der Waals surface area contributed by atoms with E-state index in [1.807, 2.05) is 10.6 Å². The number of aliphatic hydroxyl groups is 4. The molecule has 104 heavy (non-hydrogen) atoms. The monoisotopic (exact) mass is 1490 g/mol. The van der Waals surface area contributed by atoms with Crippen molar-refractivity contribution in [1.29, 1.82) is 0 Å². The van der Waals surface area contributed by atoms with Gasteiger partial charge in [-0.2, -0.15) is 13.2 Å². The summed E-state index contributed by atoms with van der Waals surface area (Å²) >= 11 is 0. The molecule has 1 aliphatic heterocycles. The van der Waals surface area contributed by atoms with Crippen LogP contribution in [0.4, 0.5) is 18.0 Å². The zero-order valence-electron chi connectivity index (χ0n) is 60.8. The van der Waals surface area contributed by atoms with Crippen LogP contribution in [0.5, 0.6) is 0 Å². The van der Waals surface area contributed by atoms with E-state index >= 15 is 14.4 Å². The second kappa shape index (κ2) is 43.6. The summed E-state index contributed by atoms with van der Waals surface area (Å²) < 4.78 is 43.1. The lowest BCUT2D eigenvalue weighted by molar-refractivity contribution is -0.192. The molecule has 0 bridgehead atoms. The van der Waals surface area contributed by atoms with Crippen molar-refractivity contribution >= 4 is 89.0 Å². The number of nitrogens with two attached hydrogens (primary N) is 3. The fraction of sp³-hybridized carbons (Fsp3) is 0.677. The van der Waals surface area contributed by atoms with Crippen molar-refractivity contribution in [3.63, 3.8) is 0 Å². The number of benzene rings is 1. The lowest BCUT2D eigenvalue weighted by Gasteiger charge is -2.34. The number of alkyl halides is 3. The summed E-state index contributed by atoms with van der Waals surface area (Å²) in [5.41, 5.74) is 15.4. The SMILES string of the molecule is CC[C@@H](C)[C@@H](NC(=O)OC(C)(C)C)C(=O)N[C@@H](CC(C)C)C(=O)N[C@@H]1C(=O)N[C@@H]([C@H](O)C(C)C)C(=O)N[C@@H](CC(C)C)C(=O)N[C@H](CCCN=C(N)N)C(=O)NC([C@@H](C)CC)C(=O)NC([C@H](C)O)C(=O)NCC(=O)N[C@@H]([C@H](O)C(N)=O)C(=O)N[C@@H](CO)C(=O)O[C@@H]1c1ccccc1.O=C(O)C(F)(F)F. The molecule has 2 unspecified atom stereocenters. The van der Waals surface area contributed by atoms with Crippen LogP contribution in [-0.4, -0.2) is 225 Å². The minimum absolute atomic E-state index is 0.0310. The normalized spacial score (nSPS) is 23.3. The number of carboxylic acid groups (broad SMARTS) is 1. The number of carboxylic acids is 1. The number of hydrogen-bond donors (Lipinski definition) is 19. The van der Waals surface area contributed by atoms with Gasteiger partial charge in [-0.25, -0.2) is 14.4 Å². The molecule has 588 valence electrons. The maximum absolute atomic E-state index is 15.5. The summed E-state index contributed by atoms with van der Waals surface area (Å²) in [6, 6.07) is -11.4. The van der Waals surface area contributed by atoms with Gasteiger partial charge in [0.05, 0.1) is 25.4 Å². The maximum Gasteiger partial charge on any atom is 0.490 e. The molecule has 0 aliphatic carbocycles. The molecule has 12 amide bonds. The van der Waals surface area contributed by atoms with Crippen LogP contribution in [0.3, 0.4) is 0 Å². The van der Waals surface area contributed by atoms with Gasteiger partial charge in [-0.1, -0.05) is 112 Å². The number of nitrogens with one attached hydrogen (secondary N) is 11. The highest BCUT2D eigenvalue weighted by Crippen LogP contribution is 2.25. The van der Waals surface area contributed by atoms with E-state index in [-0.39, 0.29) is 50.2 Å². The van der Waals surface area contributed by atoms with Crippen LogP contribution in [0.2, 0.25) is 0 Å². The third-order valence-corrected chi connectivity index (χ3v) is 15.8. The van der Waals surface area contributed by atoms with Gasteiger partial charge in [-0.05, 0) is 88.5 Å². The molecule has 1 saturated heterocycles. The number of ether oxygens (including phenoxy) is 2. The lowest BCUT2D eigenvalue weighted by Crippen LogP contribution is -2.64. The molecular formula is C65H106F3N15O21. The van der Waals surface area contributed by atoms with Crippen molar-refractivity contribution in [3.05, 3.63) is 35.9 Å². The largest absolute Gasteiger partial charge is 0.490 e. The molecule has 39 heteroatoms. The third-order valence-electron chi connectivity index (χ3n) is 15.8. The highest BCUT2D eigenvalue weighted by atomic mass is 19.4. The van der Waals surface area contributed by atoms with Crippen LogP contribution in [0.15, 0.2) is 35.3 Å². The predicted octanol–water partition coefficient (Wildman–Crippen LogP) is -3.24. The molecule has 1 aliphatic rings. The molecule has 36 nitrogen and oxygen atoms in total. The van der Waals surface area contributed by atoms with E-state index < -0.39 is 222 Å². The molecular weight excluding hydrogens is 1380 g/mol. The lowest BCUT2D eigenvalue weighted by atomic mass is 9.95. The molecule has 0 aromatic heterocycles. The van der Waals surface area contributed by atoms with Crippen molar-refractivity contribution in [3.8, 4) is 0 Å². The van der Waals surface area contributed by atoms with Crippen LogP contribution >= 0.6 is 0 Å². The average Bonchev–Trinajstić information content (AvgIpc) is 0.806. The number of hydrogen-bond acceptors (Lipinski definition) is 21. The molecule has 1 aromatic carbocycles. The van der Waals surface area contributed by atoms with Crippen molar-refractivity contribution < 1.29 is 115 Å². The quantitative estimate of drug-likeness (QED) is 0.0209. The number of cyclic esters (lactones) is 1. The van der Waals surface area contributed by atoms with Crippen LogP contribution in [0, 0.1) is 29.6 Å². The molecule has 0 saturated carbocycles. The van der Waals surface area contributed by atoms with Gasteiger partial charge in [-0.15, -0.1) is 0 Å². The first-order valence-corrected chi connectivity index (χ1v) is 33.7. The summed E-state index contributed by atoms with van der Waals surface area (Å²) in [4.78, 5) is 198. The summed E-state index contributed by atoms with van der Waals surface area (Å²) in [5.74, 6) is -21.1. The number of esters is 1. The number of primary amides is 1. The van der Waals surface area contributed by atoms with E-state index in [1.165, 1.54) is 44.2 Å². The third kappa shape index (κ3) is 32.0. The van der Waals surface area contributed by atoms with Crippen molar-refractivity contribution in [2.24, 2.45) is 51.8 Å². The molecule has 22 N–H and O–H groups in total. The topological polar surface area (TPSA) is 581 Å². The standard InChI is InChI=1S/C63H105N15O19.C2HF3O2/c1-15-32(9)41-56(90)75-43(34(11)80)54(88)68-27-40(81)73-45(48(83)50(64)84)58(92)72-39(28-79)60(94)96-49(35-21-18-17-19-22-35)46(77-53(87)38(26-30(5)6)70-55(89)42(33(10)16-2)78-62(95)97-63(12,13)14)59(93)76-44(47(82)31(7)8)57(91)71-37(25-29(3)4)52(86)69-36(51(85)74-41)23-20-24-67-61(65)66;3-2(4,5)1(6)7/h17-19,21-22,29-34,36-39,41-49,79-80,82-83H,15-16,20,23-28H2,1-14H3,(H2,64,84)(H,68,88)(H,69,86)(H,70,89)(H,71,91)(H,72,92)(H,73,81)(H,74,85)(H,75,90)(H,76,93)(H,77,87)(H,78,95)(H4,65,66,67);(H,6,7)/t32-,33+,34-,36+,37-,38-,39-,41?,42+,43?,44-,45-,46-,47+,48-,49+;/m0./s1. The Morgan fingerprint density at radius 3 is 1.68 bits per heavy atom. The van der Waals surface area contributed by atoms with Crippen LogP contribution in [-0.2, 0) is 71.8 Å². The van der Waals surface area contributed by atoms with Gasteiger partial charge in [-0.3, -0.25) is 57.7 Å². The van der Waals surface area contributed by atoms with Crippen molar-refractivity contribution in [2.45, 2.75) is 232 Å². The Morgan fingerprint density at radius 1 is 0.663 bits per heavy atom. The Balaban J connectivity index is 0.00000731. The van der Waals surface area contributed by atoms with E-state index in [1.54, 1.807) is 76.2 Å². The minimum atomic E-state index is -5.08. The number of alkyl carbamates (subject to hydrolysis) is 1. The van der Waals surface area contributed by atoms with Crippen LogP contribution < -0.4 is 75.7 Å². The fourth-order valence-corrected chi connectivity index (χ4v) is 9.75. The van der Waals surface area contributed by atoms with E-state index in [4.69, 9.17) is 36.6 Å². The molecule has 0 radical (unpaired) electrons. The van der Waals surface area contributed by atoms with E-state index in [2.05, 4.69) is 52.8 Å². The molecule has 0 spiro atoms. The molecule has 1 aromatic rings. The summed E-state index contributed by atoms with van der Waals surface area (Å²) in [7, 11) is 0. The Morgan fingerprint density at radius 2 is 1.19 bits per heavy atom. The highest BCUT2D eigenvalue weighted by molar-refractivity contribution is 6.00. The van der Waals surface area contributed by atoms with Crippen LogP contribution in [0.25, 0.3) is 0 Å². The van der Waals surface area contributed by atoms with Crippen LogP contribution in [0.1, 0.15) is 147 Å². The van der Waals surface area contributed by atoms with Crippen molar-refractivity contribution in [1.82, 2.24) is 58.5 Å². The van der Waals surface area contributed by atoms with Gasteiger partial charge in [0.1, 0.15) is 60.0 Å². The minimum Gasteiger partial charge on any atom is -0.475 e. The number of guanidine groups is 1. The Kier molecular flexibility index (Phi) is 38.8. The fourth-order valence-electron chi connectivity index (χ4n) is 9.75. The molecule has 2 rings (SSSR count). The second-order valence-electron chi connectivity index (χ2n) is 27.1. The second-order valence-corrected chi connectivity index (χ2v) is 27.1. The first-order chi connectivity index (χ1) is 48.1. The number of carbonyl (C=O) groups excluding carboxylic acids is 13. The number of nitrogens with zero attached hydrogens (tertiary/aromatic N) is 1. The smallest absolute Gasteiger partial charge is 0.475 e. The Bertz CT molecular complexity index is 3120. The number of carbonyl (C=O) groups is 14. The predicted molar refractivity (Wildman–Crippen MR) is 365 cm³/mol. The molecule has 1 heterocycles. The van der Waals surface area contributed by atoms with E-state index in [0.717, 1.165) is 6.92 Å². The van der Waals surface area contributed by atoms with Gasteiger partial charge < -0.3 is 111 Å². The van der Waals surface area contributed by atoms with E-state index in [0.29, 0.717) is 6.42 Å². The summed E-state index contributed by atoms with van der Waals surface area (Å²) in [5, 5.41) is 78.0. The first-order valence-electron chi connectivity index (χ1n) is 33.7. The van der Waals surface area contributed by atoms with Crippen molar-refractivity contribution in [2.75, 3.05) is 19.7 Å². The van der Waals surface area contributed by atoms with Gasteiger partial charge in [0.15, 0.2) is 24.2 Å². The molecule has 16 atom stereocenters. The number of aliphatic hydroxyl groups excluding tert-OH is 4. The summed E-state index contributed by atoms with van der Waals surface area (Å²) in [6.07, 6.45) is -14.2.